The summed E-state index contributed by atoms with van der Waals surface area (Å²) in [6.07, 6.45) is 0.858. The van der Waals surface area contributed by atoms with E-state index >= 15 is 0 Å². The molecule has 0 saturated heterocycles. The van der Waals surface area contributed by atoms with E-state index < -0.39 is 0 Å². The molecule has 1 amide bonds. The van der Waals surface area contributed by atoms with E-state index in [1.807, 2.05) is 25.1 Å². The van der Waals surface area contributed by atoms with Crippen molar-refractivity contribution in [2.75, 3.05) is 7.11 Å². The smallest absolute Gasteiger partial charge is 0.250 e. The zero-order chi connectivity index (χ0) is 18.7. The van der Waals surface area contributed by atoms with E-state index in [9.17, 15) is 4.79 Å². The highest BCUT2D eigenvalue weighted by Crippen LogP contribution is 2.27. The summed E-state index contributed by atoms with van der Waals surface area (Å²) >= 11 is 0. The minimum absolute atomic E-state index is 0.390. The maximum atomic E-state index is 11.8. The molecule has 0 unspecified atom stereocenters. The molecule has 134 valence electrons. The molecule has 0 bridgehead atoms. The first-order valence-electron chi connectivity index (χ1n) is 8.69. The van der Waals surface area contributed by atoms with E-state index in [-0.39, 0.29) is 5.91 Å². The number of methoxy groups -OCH3 is 1. The lowest BCUT2D eigenvalue weighted by Gasteiger charge is -2.13. The Morgan fingerprint density at radius 2 is 1.69 bits per heavy atom. The van der Waals surface area contributed by atoms with Gasteiger partial charge in [-0.25, -0.2) is 0 Å². The molecule has 1 heterocycles. The molecule has 0 saturated carbocycles. The number of benzene rings is 2. The van der Waals surface area contributed by atoms with Crippen molar-refractivity contribution in [1.29, 1.82) is 0 Å². The molecule has 0 atom stereocenters. The van der Waals surface area contributed by atoms with Gasteiger partial charge in [-0.3, -0.25) is 4.79 Å². The number of ether oxygens (including phenoxy) is 1. The fraction of sp³-hybridized carbons (Fsp3) is 0.227. The summed E-state index contributed by atoms with van der Waals surface area (Å²) in [5.74, 6) is 0.460. The van der Waals surface area contributed by atoms with E-state index in [4.69, 9.17) is 10.5 Å². The van der Waals surface area contributed by atoms with Crippen molar-refractivity contribution in [3.8, 4) is 17.0 Å². The van der Waals surface area contributed by atoms with Gasteiger partial charge in [-0.05, 0) is 49.6 Å². The number of carbonyl (C=O) groups excluding carboxylic acids is 1. The lowest BCUT2D eigenvalue weighted by atomic mass is 10.1. The molecule has 4 heteroatoms. The summed E-state index contributed by atoms with van der Waals surface area (Å²) in [4.78, 5) is 11.8. The normalized spacial score (nSPS) is 10.7. The lowest BCUT2D eigenvalue weighted by Crippen LogP contribution is -2.13. The van der Waals surface area contributed by atoms with Crippen molar-refractivity contribution < 1.29 is 9.53 Å². The van der Waals surface area contributed by atoms with Crippen LogP contribution in [0.5, 0.6) is 5.75 Å². The average Bonchev–Trinajstić information content (AvgIpc) is 2.98. The van der Waals surface area contributed by atoms with Gasteiger partial charge in [0.25, 0.3) is 5.91 Å². The third-order valence-corrected chi connectivity index (χ3v) is 4.76. The summed E-state index contributed by atoms with van der Waals surface area (Å²) in [7, 11) is 1.66. The monoisotopic (exact) mass is 348 g/mol. The number of rotatable bonds is 6. The van der Waals surface area contributed by atoms with E-state index in [0.29, 0.717) is 5.56 Å². The van der Waals surface area contributed by atoms with Gasteiger partial charge in [0.05, 0.1) is 12.7 Å². The molecule has 0 aliphatic rings. The highest BCUT2D eigenvalue weighted by atomic mass is 16.5. The van der Waals surface area contributed by atoms with Crippen LogP contribution in [0.4, 0.5) is 0 Å². The molecule has 0 fully saturated rings. The molecule has 3 aromatic rings. The maximum absolute atomic E-state index is 11.8. The molecular weight excluding hydrogens is 324 g/mol. The third kappa shape index (κ3) is 3.64. The fourth-order valence-electron chi connectivity index (χ4n) is 3.18. The molecule has 0 aliphatic heterocycles. The molecule has 0 radical (unpaired) electrons. The number of aromatic nitrogens is 1. The van der Waals surface area contributed by atoms with Crippen LogP contribution in [0.3, 0.4) is 0 Å². The molecule has 3 rings (SSSR count). The van der Waals surface area contributed by atoms with Crippen LogP contribution >= 0.6 is 0 Å². The summed E-state index contributed by atoms with van der Waals surface area (Å²) in [6.45, 7) is 4.78. The minimum Gasteiger partial charge on any atom is -0.497 e. The van der Waals surface area contributed by atoms with Crippen LogP contribution in [-0.2, 0) is 13.0 Å². The Hall–Kier alpha value is -3.01. The number of amides is 1. The van der Waals surface area contributed by atoms with Crippen LogP contribution in [0.2, 0.25) is 0 Å². The van der Waals surface area contributed by atoms with Crippen LogP contribution in [0.1, 0.15) is 27.2 Å². The van der Waals surface area contributed by atoms with Gasteiger partial charge in [0.1, 0.15) is 5.75 Å². The van der Waals surface area contributed by atoms with Gasteiger partial charge in [0.2, 0.25) is 0 Å². The first-order chi connectivity index (χ1) is 12.5. The first kappa shape index (κ1) is 17.8. The van der Waals surface area contributed by atoms with Crippen molar-refractivity contribution in [1.82, 2.24) is 4.57 Å². The van der Waals surface area contributed by atoms with Crippen molar-refractivity contribution in [2.24, 2.45) is 5.73 Å². The Kier molecular flexibility index (Phi) is 5.12. The first-order valence-corrected chi connectivity index (χ1v) is 8.69. The molecule has 0 aliphatic carbocycles. The molecule has 1 aromatic heterocycles. The van der Waals surface area contributed by atoms with Gasteiger partial charge < -0.3 is 15.0 Å². The number of carbonyl (C=O) groups is 1. The summed E-state index contributed by atoms with van der Waals surface area (Å²) in [5, 5.41) is 0. The largest absolute Gasteiger partial charge is 0.497 e. The average molecular weight is 348 g/mol. The molecule has 26 heavy (non-hydrogen) atoms. The topological polar surface area (TPSA) is 57.2 Å². The second kappa shape index (κ2) is 7.48. The van der Waals surface area contributed by atoms with Gasteiger partial charge in [-0.2, -0.15) is 0 Å². The molecule has 4 nitrogen and oxygen atoms in total. The number of hydrogen-bond acceptors (Lipinski definition) is 2. The summed E-state index contributed by atoms with van der Waals surface area (Å²) in [5.41, 5.74) is 11.6. The predicted molar refractivity (Wildman–Crippen MR) is 105 cm³/mol. The van der Waals surface area contributed by atoms with E-state index in [0.717, 1.165) is 35.7 Å². The molecule has 2 N–H and O–H groups in total. The van der Waals surface area contributed by atoms with Crippen molar-refractivity contribution in [2.45, 2.75) is 26.8 Å². The second-order valence-corrected chi connectivity index (χ2v) is 6.51. The standard InChI is InChI=1S/C22H24N2O2/c1-15-4-8-18(9-5-15)21-14-20(22(23)25)16(2)24(21)13-12-17-6-10-19(26-3)11-7-17/h4-11,14H,12-13H2,1-3H3,(H2,23,25). The van der Waals surface area contributed by atoms with E-state index in [2.05, 4.69) is 47.9 Å². The fourth-order valence-corrected chi connectivity index (χ4v) is 3.18. The van der Waals surface area contributed by atoms with Crippen LogP contribution in [-0.4, -0.2) is 17.6 Å². The quantitative estimate of drug-likeness (QED) is 0.728. The van der Waals surface area contributed by atoms with Gasteiger partial charge in [-0.15, -0.1) is 0 Å². The van der Waals surface area contributed by atoms with Gasteiger partial charge in [0, 0.05) is 17.9 Å². The van der Waals surface area contributed by atoms with Crippen molar-refractivity contribution in [3.05, 3.63) is 77.0 Å². The van der Waals surface area contributed by atoms with E-state index in [1.54, 1.807) is 7.11 Å². The highest BCUT2D eigenvalue weighted by Gasteiger charge is 2.16. The van der Waals surface area contributed by atoms with E-state index in [1.165, 1.54) is 11.1 Å². The third-order valence-electron chi connectivity index (χ3n) is 4.76. The Bertz CT molecular complexity index is 907. The zero-order valence-corrected chi connectivity index (χ0v) is 15.5. The van der Waals surface area contributed by atoms with Gasteiger partial charge in [0.15, 0.2) is 0 Å². The predicted octanol–water partition coefficient (Wildman–Crippen LogP) is 4.12. The Labute approximate surface area is 154 Å². The number of nitrogens with zero attached hydrogens (tertiary/aromatic N) is 1. The van der Waals surface area contributed by atoms with Crippen LogP contribution in [0.25, 0.3) is 11.3 Å². The molecule has 0 spiro atoms. The van der Waals surface area contributed by atoms with Gasteiger partial charge >= 0.3 is 0 Å². The zero-order valence-electron chi connectivity index (χ0n) is 15.5. The number of primary amides is 1. The lowest BCUT2D eigenvalue weighted by molar-refractivity contribution is 0.0999. The van der Waals surface area contributed by atoms with Crippen LogP contribution < -0.4 is 10.5 Å². The highest BCUT2D eigenvalue weighted by molar-refractivity contribution is 5.95. The SMILES string of the molecule is COc1ccc(CCn2c(-c3ccc(C)cc3)cc(C(N)=O)c2C)cc1. The van der Waals surface area contributed by atoms with Crippen molar-refractivity contribution >= 4 is 5.91 Å². The number of nitrogens with two attached hydrogens (primary N) is 1. The minimum atomic E-state index is -0.390. The molecule has 2 aromatic carbocycles. The summed E-state index contributed by atoms with van der Waals surface area (Å²) < 4.78 is 7.39. The number of hydrogen-bond donors (Lipinski definition) is 1. The maximum Gasteiger partial charge on any atom is 0.250 e. The van der Waals surface area contributed by atoms with Gasteiger partial charge in [-0.1, -0.05) is 42.0 Å². The Morgan fingerprint density at radius 1 is 1.04 bits per heavy atom. The van der Waals surface area contributed by atoms with Crippen molar-refractivity contribution in [3.63, 3.8) is 0 Å². The second-order valence-electron chi connectivity index (χ2n) is 6.51. The summed E-state index contributed by atoms with van der Waals surface area (Å²) in [6, 6.07) is 18.3. The Morgan fingerprint density at radius 3 is 2.27 bits per heavy atom. The number of aryl methyl sites for hydroxylation is 2. The van der Waals surface area contributed by atoms with Crippen LogP contribution in [0, 0.1) is 13.8 Å². The van der Waals surface area contributed by atoms with Crippen LogP contribution in [0.15, 0.2) is 54.6 Å². The molecular formula is C22H24N2O2. The Balaban J connectivity index is 1.93.